The fraction of sp³-hybridized carbons (Fsp3) is 1.00. The van der Waals surface area contributed by atoms with Crippen molar-refractivity contribution in [1.29, 1.82) is 0 Å². The molecule has 16 heavy (non-hydrogen) atoms. The average Bonchev–Trinajstić information content (AvgIpc) is 2.17. The Bertz CT molecular complexity index is 174. The van der Waals surface area contributed by atoms with Crippen LogP contribution in [0.25, 0.3) is 0 Å². The summed E-state index contributed by atoms with van der Waals surface area (Å²) in [6.07, 6.45) is 10.4. The van der Waals surface area contributed by atoms with Crippen LogP contribution in [0.3, 0.4) is 0 Å². The minimum absolute atomic E-state index is 0.304. The lowest BCUT2D eigenvalue weighted by Crippen LogP contribution is -2.34. The molecule has 0 aromatic heterocycles. The van der Waals surface area contributed by atoms with Gasteiger partial charge in [0.05, 0.1) is 0 Å². The van der Waals surface area contributed by atoms with E-state index in [1.54, 1.807) is 0 Å². The first-order valence-electron chi connectivity index (χ1n) is 7.09. The van der Waals surface area contributed by atoms with Gasteiger partial charge in [-0.25, -0.2) is 0 Å². The molecule has 0 aromatic rings. The second-order valence-corrected chi connectivity index (χ2v) is 6.13. The van der Waals surface area contributed by atoms with Crippen LogP contribution in [0.15, 0.2) is 0 Å². The van der Waals surface area contributed by atoms with E-state index in [1.165, 1.54) is 38.5 Å². The van der Waals surface area contributed by atoms with Gasteiger partial charge in [-0.15, -0.1) is 0 Å². The number of hydrogen-bond donors (Lipinski definition) is 2. The summed E-state index contributed by atoms with van der Waals surface area (Å²) < 4.78 is 0. The van der Waals surface area contributed by atoms with E-state index in [1.807, 2.05) is 0 Å². The highest BCUT2D eigenvalue weighted by Gasteiger charge is 2.18. The molecular formula is C14H30N2. The fourth-order valence-corrected chi connectivity index (χ4v) is 3.04. The van der Waals surface area contributed by atoms with Crippen LogP contribution in [0.1, 0.15) is 65.2 Å². The molecule has 1 fully saturated rings. The first-order valence-corrected chi connectivity index (χ1v) is 7.09. The number of rotatable bonds is 6. The van der Waals surface area contributed by atoms with E-state index in [9.17, 15) is 0 Å². The van der Waals surface area contributed by atoms with Gasteiger partial charge in [0.2, 0.25) is 0 Å². The molecule has 1 aliphatic rings. The van der Waals surface area contributed by atoms with Crippen LogP contribution in [0.2, 0.25) is 0 Å². The van der Waals surface area contributed by atoms with E-state index in [0.29, 0.717) is 18.0 Å². The average molecular weight is 226 g/mol. The van der Waals surface area contributed by atoms with Crippen LogP contribution in [0.4, 0.5) is 0 Å². The fourth-order valence-electron chi connectivity index (χ4n) is 3.04. The Balaban J connectivity index is 2.15. The first kappa shape index (κ1) is 14.0. The SMILES string of the molecule is CC(C)CC(N)CC(N)CC1CCCCC1. The van der Waals surface area contributed by atoms with Crippen molar-refractivity contribution in [2.75, 3.05) is 0 Å². The Labute approximate surface area is 101 Å². The van der Waals surface area contributed by atoms with Crippen molar-refractivity contribution < 1.29 is 0 Å². The molecule has 2 heteroatoms. The summed E-state index contributed by atoms with van der Waals surface area (Å²) in [5.74, 6) is 1.58. The van der Waals surface area contributed by atoms with Crippen molar-refractivity contribution in [1.82, 2.24) is 0 Å². The Morgan fingerprint density at radius 3 is 2.12 bits per heavy atom. The topological polar surface area (TPSA) is 52.0 Å². The summed E-state index contributed by atoms with van der Waals surface area (Å²) in [6.45, 7) is 4.46. The van der Waals surface area contributed by atoms with Gasteiger partial charge in [0.1, 0.15) is 0 Å². The van der Waals surface area contributed by atoms with Gasteiger partial charge in [-0.2, -0.15) is 0 Å². The maximum atomic E-state index is 6.20. The minimum atomic E-state index is 0.304. The second kappa shape index (κ2) is 7.29. The van der Waals surface area contributed by atoms with E-state index in [2.05, 4.69) is 13.8 Å². The van der Waals surface area contributed by atoms with Crippen LogP contribution in [0, 0.1) is 11.8 Å². The summed E-state index contributed by atoms with van der Waals surface area (Å²) in [6, 6.07) is 0.635. The molecule has 1 aliphatic carbocycles. The summed E-state index contributed by atoms with van der Waals surface area (Å²) in [5.41, 5.74) is 12.3. The van der Waals surface area contributed by atoms with Crippen LogP contribution >= 0.6 is 0 Å². The number of nitrogens with two attached hydrogens (primary N) is 2. The molecule has 0 saturated heterocycles. The van der Waals surface area contributed by atoms with Gasteiger partial charge >= 0.3 is 0 Å². The molecule has 1 saturated carbocycles. The highest BCUT2D eigenvalue weighted by molar-refractivity contribution is 4.76. The molecule has 1 rings (SSSR count). The standard InChI is InChI=1S/C14H30N2/c1-11(2)8-13(15)10-14(16)9-12-6-4-3-5-7-12/h11-14H,3-10,15-16H2,1-2H3. The third kappa shape index (κ3) is 5.86. The molecule has 0 heterocycles. The monoisotopic (exact) mass is 226 g/mol. The zero-order valence-electron chi connectivity index (χ0n) is 11.1. The Morgan fingerprint density at radius 1 is 0.938 bits per heavy atom. The molecule has 2 atom stereocenters. The molecule has 0 spiro atoms. The van der Waals surface area contributed by atoms with Crippen molar-refractivity contribution in [2.24, 2.45) is 23.3 Å². The zero-order valence-corrected chi connectivity index (χ0v) is 11.1. The van der Waals surface area contributed by atoms with E-state index in [-0.39, 0.29) is 0 Å². The molecule has 2 nitrogen and oxygen atoms in total. The van der Waals surface area contributed by atoms with Gasteiger partial charge in [0.15, 0.2) is 0 Å². The van der Waals surface area contributed by atoms with Crippen molar-refractivity contribution in [3.05, 3.63) is 0 Å². The molecule has 2 unspecified atom stereocenters. The van der Waals surface area contributed by atoms with Crippen molar-refractivity contribution in [3.63, 3.8) is 0 Å². The molecule has 0 radical (unpaired) electrons. The maximum Gasteiger partial charge on any atom is 0.00561 e. The van der Waals surface area contributed by atoms with Crippen LogP contribution in [-0.2, 0) is 0 Å². The van der Waals surface area contributed by atoms with Crippen LogP contribution in [0.5, 0.6) is 0 Å². The molecule has 0 amide bonds. The van der Waals surface area contributed by atoms with Crippen LogP contribution < -0.4 is 11.5 Å². The largest absolute Gasteiger partial charge is 0.328 e. The van der Waals surface area contributed by atoms with E-state index >= 15 is 0 Å². The molecule has 0 aliphatic heterocycles. The third-order valence-electron chi connectivity index (χ3n) is 3.74. The lowest BCUT2D eigenvalue weighted by molar-refractivity contribution is 0.302. The van der Waals surface area contributed by atoms with E-state index < -0.39 is 0 Å². The van der Waals surface area contributed by atoms with Gasteiger partial charge in [-0.1, -0.05) is 46.0 Å². The molecule has 0 bridgehead atoms. The second-order valence-electron chi connectivity index (χ2n) is 6.13. The number of hydrogen-bond acceptors (Lipinski definition) is 2. The van der Waals surface area contributed by atoms with Crippen molar-refractivity contribution in [3.8, 4) is 0 Å². The van der Waals surface area contributed by atoms with Crippen molar-refractivity contribution >= 4 is 0 Å². The van der Waals surface area contributed by atoms with Gasteiger partial charge in [-0.3, -0.25) is 0 Å². The van der Waals surface area contributed by atoms with E-state index in [0.717, 1.165) is 18.8 Å². The lowest BCUT2D eigenvalue weighted by atomic mass is 9.83. The Kier molecular flexibility index (Phi) is 6.37. The zero-order chi connectivity index (χ0) is 12.0. The summed E-state index contributed by atoms with van der Waals surface area (Å²) in [7, 11) is 0. The summed E-state index contributed by atoms with van der Waals surface area (Å²) in [4.78, 5) is 0. The third-order valence-corrected chi connectivity index (χ3v) is 3.74. The quantitative estimate of drug-likeness (QED) is 0.731. The molecule has 0 aromatic carbocycles. The lowest BCUT2D eigenvalue weighted by Gasteiger charge is -2.26. The predicted molar refractivity (Wildman–Crippen MR) is 71.2 cm³/mol. The first-order chi connectivity index (χ1) is 7.58. The summed E-state index contributed by atoms with van der Waals surface area (Å²) in [5, 5.41) is 0. The molecule has 4 N–H and O–H groups in total. The van der Waals surface area contributed by atoms with Gasteiger partial charge in [0.25, 0.3) is 0 Å². The van der Waals surface area contributed by atoms with Gasteiger partial charge in [-0.05, 0) is 31.1 Å². The highest BCUT2D eigenvalue weighted by atomic mass is 14.7. The smallest absolute Gasteiger partial charge is 0.00561 e. The maximum absolute atomic E-state index is 6.20. The van der Waals surface area contributed by atoms with Crippen molar-refractivity contribution in [2.45, 2.75) is 77.3 Å². The molecular weight excluding hydrogens is 196 g/mol. The summed E-state index contributed by atoms with van der Waals surface area (Å²) >= 11 is 0. The van der Waals surface area contributed by atoms with Gasteiger partial charge in [0, 0.05) is 12.1 Å². The Morgan fingerprint density at radius 2 is 1.56 bits per heavy atom. The van der Waals surface area contributed by atoms with Crippen LogP contribution in [-0.4, -0.2) is 12.1 Å². The Hall–Kier alpha value is -0.0800. The highest BCUT2D eigenvalue weighted by Crippen LogP contribution is 2.27. The normalized spacial score (nSPS) is 22.3. The predicted octanol–water partition coefficient (Wildman–Crippen LogP) is 3.05. The van der Waals surface area contributed by atoms with Gasteiger partial charge < -0.3 is 11.5 Å². The minimum Gasteiger partial charge on any atom is -0.328 e. The molecule has 96 valence electrons. The van der Waals surface area contributed by atoms with E-state index in [4.69, 9.17) is 11.5 Å².